The van der Waals surface area contributed by atoms with E-state index in [0.717, 1.165) is 50.0 Å². The number of aliphatic hydroxyl groups excluding tert-OH is 1. The number of nitrogens with one attached hydrogen (secondary N) is 1. The molecular formula is C25H31NO4. The Morgan fingerprint density at radius 1 is 1.13 bits per heavy atom. The summed E-state index contributed by atoms with van der Waals surface area (Å²) in [6, 6.07) is 14.6. The minimum absolute atomic E-state index is 0.0159. The number of carbonyl (C=O) groups excluding carboxylic acids is 1. The molecule has 2 aromatic carbocycles. The number of benzene rings is 2. The van der Waals surface area contributed by atoms with Gasteiger partial charge < -0.3 is 19.9 Å². The fourth-order valence-electron chi connectivity index (χ4n) is 4.56. The van der Waals surface area contributed by atoms with Crippen LogP contribution in [0, 0.1) is 12.8 Å². The zero-order valence-corrected chi connectivity index (χ0v) is 17.6. The number of rotatable bonds is 6. The lowest BCUT2D eigenvalue weighted by atomic mass is 9.86. The van der Waals surface area contributed by atoms with E-state index in [4.69, 9.17) is 14.6 Å². The van der Waals surface area contributed by atoms with Crippen LogP contribution >= 0.6 is 0 Å². The molecule has 5 heteroatoms. The number of hydrogen-bond donors (Lipinski definition) is 2. The summed E-state index contributed by atoms with van der Waals surface area (Å²) in [6.07, 6.45) is 5.60. The standard InChI is InChI=1S/C25H31NO4/c1-17-4-2-3-5-22(17)24-12-8-19-16-21(11-13-23(19)30-24)29-20-9-6-18(7-10-20)25(28)26-14-15-27/h2-5,11,13,16,18,20,24,27H,6-10,12,14-15H2,1H3,(H,26,28)/t18?,20?,24-/m0/s1. The van der Waals surface area contributed by atoms with Crippen molar-refractivity contribution in [1.29, 1.82) is 0 Å². The number of fused-ring (bicyclic) bond motifs is 1. The Labute approximate surface area is 178 Å². The number of amides is 1. The van der Waals surface area contributed by atoms with Gasteiger partial charge in [0.15, 0.2) is 0 Å². The Bertz CT molecular complexity index is 873. The first kappa shape index (κ1) is 20.7. The Hall–Kier alpha value is -2.53. The number of carbonyl (C=O) groups is 1. The van der Waals surface area contributed by atoms with Crippen molar-refractivity contribution in [2.75, 3.05) is 13.2 Å². The molecule has 30 heavy (non-hydrogen) atoms. The average Bonchev–Trinajstić information content (AvgIpc) is 2.78. The van der Waals surface area contributed by atoms with Crippen LogP contribution in [0.2, 0.25) is 0 Å². The van der Waals surface area contributed by atoms with Crippen molar-refractivity contribution in [2.45, 2.75) is 57.7 Å². The molecule has 5 nitrogen and oxygen atoms in total. The fourth-order valence-corrected chi connectivity index (χ4v) is 4.56. The number of aliphatic hydroxyl groups is 1. The molecule has 2 aromatic rings. The summed E-state index contributed by atoms with van der Waals surface area (Å²) in [6.45, 7) is 2.45. The Balaban J connectivity index is 1.33. The van der Waals surface area contributed by atoms with Gasteiger partial charge in [0.2, 0.25) is 5.91 Å². The molecule has 0 bridgehead atoms. The maximum absolute atomic E-state index is 12.1. The zero-order valence-electron chi connectivity index (χ0n) is 17.6. The van der Waals surface area contributed by atoms with Crippen LogP contribution < -0.4 is 14.8 Å². The molecular weight excluding hydrogens is 378 g/mol. The van der Waals surface area contributed by atoms with Gasteiger partial charge >= 0.3 is 0 Å². The summed E-state index contributed by atoms with van der Waals surface area (Å²) in [4.78, 5) is 12.1. The smallest absolute Gasteiger partial charge is 0.223 e. The second kappa shape index (κ2) is 9.52. The van der Waals surface area contributed by atoms with Crippen molar-refractivity contribution in [3.8, 4) is 11.5 Å². The van der Waals surface area contributed by atoms with Gasteiger partial charge in [0, 0.05) is 12.5 Å². The van der Waals surface area contributed by atoms with Gasteiger partial charge in [-0.05, 0) is 80.3 Å². The number of hydrogen-bond acceptors (Lipinski definition) is 4. The van der Waals surface area contributed by atoms with E-state index in [1.54, 1.807) is 0 Å². The molecule has 1 aliphatic carbocycles. The Kier molecular flexibility index (Phi) is 6.58. The summed E-state index contributed by atoms with van der Waals surface area (Å²) in [5.41, 5.74) is 3.74. The maximum Gasteiger partial charge on any atom is 0.223 e. The van der Waals surface area contributed by atoms with Gasteiger partial charge in [0.1, 0.15) is 17.6 Å². The average molecular weight is 410 g/mol. The Morgan fingerprint density at radius 3 is 2.70 bits per heavy atom. The highest BCUT2D eigenvalue weighted by atomic mass is 16.5. The van der Waals surface area contributed by atoms with Crippen LogP contribution in [0.15, 0.2) is 42.5 Å². The molecule has 0 aromatic heterocycles. The first-order chi connectivity index (χ1) is 14.6. The molecule has 1 amide bonds. The van der Waals surface area contributed by atoms with Crippen LogP contribution in [0.3, 0.4) is 0 Å². The van der Waals surface area contributed by atoms with E-state index in [1.165, 1.54) is 16.7 Å². The highest BCUT2D eigenvalue weighted by Gasteiger charge is 2.28. The molecule has 1 atom stereocenters. The molecule has 2 aliphatic rings. The fraction of sp³-hybridized carbons (Fsp3) is 0.480. The van der Waals surface area contributed by atoms with E-state index in [-0.39, 0.29) is 30.6 Å². The predicted octanol–water partition coefficient (Wildman–Crippen LogP) is 4.11. The van der Waals surface area contributed by atoms with Crippen molar-refractivity contribution in [3.63, 3.8) is 0 Å². The van der Waals surface area contributed by atoms with Crippen LogP contribution in [0.1, 0.15) is 54.9 Å². The molecule has 0 saturated heterocycles. The van der Waals surface area contributed by atoms with Gasteiger partial charge in [-0.25, -0.2) is 0 Å². The van der Waals surface area contributed by atoms with E-state index in [0.29, 0.717) is 6.54 Å². The summed E-state index contributed by atoms with van der Waals surface area (Å²) in [7, 11) is 0. The van der Waals surface area contributed by atoms with Crippen molar-refractivity contribution < 1.29 is 19.4 Å². The van der Waals surface area contributed by atoms with Gasteiger partial charge in [-0.15, -0.1) is 0 Å². The van der Waals surface area contributed by atoms with Crippen molar-refractivity contribution in [1.82, 2.24) is 5.32 Å². The lowest BCUT2D eigenvalue weighted by Crippen LogP contribution is -2.36. The van der Waals surface area contributed by atoms with Crippen molar-refractivity contribution >= 4 is 5.91 Å². The van der Waals surface area contributed by atoms with E-state index in [1.807, 2.05) is 12.1 Å². The van der Waals surface area contributed by atoms with Gasteiger partial charge in [-0.2, -0.15) is 0 Å². The molecule has 1 saturated carbocycles. The molecule has 2 N–H and O–H groups in total. The van der Waals surface area contributed by atoms with Crippen LogP contribution in [-0.4, -0.2) is 30.3 Å². The third-order valence-corrected chi connectivity index (χ3v) is 6.27. The highest BCUT2D eigenvalue weighted by molar-refractivity contribution is 5.78. The minimum atomic E-state index is -0.0159. The third kappa shape index (κ3) is 4.78. The lowest BCUT2D eigenvalue weighted by molar-refractivity contribution is -0.126. The van der Waals surface area contributed by atoms with Crippen molar-refractivity contribution in [3.05, 3.63) is 59.2 Å². The molecule has 4 rings (SSSR count). The first-order valence-corrected chi connectivity index (χ1v) is 11.0. The predicted molar refractivity (Wildman–Crippen MR) is 116 cm³/mol. The number of ether oxygens (including phenoxy) is 2. The largest absolute Gasteiger partial charge is 0.490 e. The van der Waals surface area contributed by atoms with Crippen LogP contribution in [-0.2, 0) is 11.2 Å². The van der Waals surface area contributed by atoms with E-state index in [9.17, 15) is 4.79 Å². The topological polar surface area (TPSA) is 67.8 Å². The summed E-state index contributed by atoms with van der Waals surface area (Å²) >= 11 is 0. The Morgan fingerprint density at radius 2 is 1.93 bits per heavy atom. The molecule has 160 valence electrons. The molecule has 0 unspecified atom stereocenters. The second-order valence-electron chi connectivity index (χ2n) is 8.38. The summed E-state index contributed by atoms with van der Waals surface area (Å²) in [5, 5.41) is 11.6. The highest BCUT2D eigenvalue weighted by Crippen LogP contribution is 2.38. The summed E-state index contributed by atoms with van der Waals surface area (Å²) in [5.74, 6) is 1.93. The van der Waals surface area contributed by atoms with Gasteiger partial charge in [-0.1, -0.05) is 24.3 Å². The molecule has 0 radical (unpaired) electrons. The molecule has 1 fully saturated rings. The van der Waals surface area contributed by atoms with E-state index < -0.39 is 0 Å². The SMILES string of the molecule is Cc1ccccc1[C@@H]1CCc2cc(OC3CCC(C(=O)NCCO)CC3)ccc2O1. The van der Waals surface area contributed by atoms with E-state index in [2.05, 4.69) is 42.6 Å². The van der Waals surface area contributed by atoms with Crippen LogP contribution in [0.25, 0.3) is 0 Å². The lowest BCUT2D eigenvalue weighted by Gasteiger charge is -2.30. The minimum Gasteiger partial charge on any atom is -0.490 e. The third-order valence-electron chi connectivity index (χ3n) is 6.27. The maximum atomic E-state index is 12.1. The quantitative estimate of drug-likeness (QED) is 0.754. The zero-order chi connectivity index (χ0) is 20.9. The molecule has 0 spiro atoms. The van der Waals surface area contributed by atoms with Gasteiger partial charge in [-0.3, -0.25) is 4.79 Å². The normalized spacial score (nSPS) is 23.2. The van der Waals surface area contributed by atoms with Gasteiger partial charge in [0.05, 0.1) is 12.7 Å². The summed E-state index contributed by atoms with van der Waals surface area (Å²) < 4.78 is 12.5. The second-order valence-corrected chi connectivity index (χ2v) is 8.38. The van der Waals surface area contributed by atoms with Crippen LogP contribution in [0.5, 0.6) is 11.5 Å². The molecule has 1 aliphatic heterocycles. The van der Waals surface area contributed by atoms with E-state index >= 15 is 0 Å². The first-order valence-electron chi connectivity index (χ1n) is 11.0. The van der Waals surface area contributed by atoms with Gasteiger partial charge in [0.25, 0.3) is 0 Å². The monoisotopic (exact) mass is 409 g/mol. The number of aryl methyl sites for hydroxylation is 2. The molecule has 1 heterocycles. The van der Waals surface area contributed by atoms with Crippen LogP contribution in [0.4, 0.5) is 0 Å². The van der Waals surface area contributed by atoms with Crippen molar-refractivity contribution in [2.24, 2.45) is 5.92 Å².